The Hall–Kier alpha value is -0.710. The molecule has 6 nitrogen and oxygen atoms in total. The quantitative estimate of drug-likeness (QED) is 0.510. The van der Waals surface area contributed by atoms with E-state index in [2.05, 4.69) is 26.5 Å². The molecule has 1 aromatic carbocycles. The minimum Gasteiger partial charge on any atom is -0.384 e. The molecule has 2 aromatic rings. The van der Waals surface area contributed by atoms with Gasteiger partial charge in [-0.15, -0.1) is 11.3 Å². The van der Waals surface area contributed by atoms with Gasteiger partial charge in [0.1, 0.15) is 17.9 Å². The summed E-state index contributed by atoms with van der Waals surface area (Å²) in [6.45, 7) is 1.71. The van der Waals surface area contributed by atoms with Crippen LogP contribution in [0.3, 0.4) is 0 Å². The number of anilines is 1. The Kier molecular flexibility index (Phi) is 6.82. The van der Waals surface area contributed by atoms with Crippen LogP contribution in [-0.2, 0) is 0 Å². The first kappa shape index (κ1) is 21.5. The predicted molar refractivity (Wildman–Crippen MR) is 122 cm³/mol. The largest absolute Gasteiger partial charge is 0.384 e. The number of thiophene rings is 1. The van der Waals surface area contributed by atoms with Crippen LogP contribution in [0.2, 0.25) is 10.0 Å². The Morgan fingerprint density at radius 3 is 2.59 bits per heavy atom. The van der Waals surface area contributed by atoms with Crippen LogP contribution in [0.25, 0.3) is 0 Å². The molecule has 0 saturated carbocycles. The van der Waals surface area contributed by atoms with Crippen LogP contribution in [0.4, 0.5) is 5.69 Å². The second kappa shape index (κ2) is 9.20. The number of halogens is 3. The molecule has 3 N–H and O–H groups in total. The average molecular weight is 520 g/mol. The van der Waals surface area contributed by atoms with E-state index in [1.807, 2.05) is 17.1 Å². The maximum atomic E-state index is 11.1. The molecule has 0 radical (unpaired) electrons. The molecule has 1 fully saturated rings. The number of aliphatic hydroxyl groups excluding tert-OH is 2. The van der Waals surface area contributed by atoms with Crippen molar-refractivity contribution in [2.24, 2.45) is 5.10 Å². The first-order valence-electron chi connectivity index (χ1n) is 9.39. The maximum Gasteiger partial charge on any atom is 0.161 e. The van der Waals surface area contributed by atoms with E-state index >= 15 is 0 Å². The fourth-order valence-electron chi connectivity index (χ4n) is 3.65. The highest BCUT2D eigenvalue weighted by molar-refractivity contribution is 9.11. The first-order chi connectivity index (χ1) is 13.9. The predicted octanol–water partition coefficient (Wildman–Crippen LogP) is 4.40. The van der Waals surface area contributed by atoms with E-state index in [0.717, 1.165) is 34.6 Å². The highest BCUT2D eigenvalue weighted by Crippen LogP contribution is 2.42. The first-order valence-corrected chi connectivity index (χ1v) is 11.8. The molecule has 3 atom stereocenters. The molecule has 2 aliphatic rings. The Labute approximate surface area is 191 Å². The van der Waals surface area contributed by atoms with Gasteiger partial charge in [-0.1, -0.05) is 29.6 Å². The summed E-state index contributed by atoms with van der Waals surface area (Å²) in [6.07, 6.45) is 1.25. The molecule has 2 aliphatic heterocycles. The molecule has 3 unspecified atom stereocenters. The van der Waals surface area contributed by atoms with Gasteiger partial charge in [-0.25, -0.2) is 10.4 Å². The zero-order valence-electron chi connectivity index (χ0n) is 15.4. The van der Waals surface area contributed by atoms with Crippen molar-refractivity contribution in [3.63, 3.8) is 0 Å². The summed E-state index contributed by atoms with van der Waals surface area (Å²) in [5.41, 5.74) is 3.95. The summed E-state index contributed by atoms with van der Waals surface area (Å²) >= 11 is 17.5. The topological polar surface area (TPSA) is 71.3 Å². The van der Waals surface area contributed by atoms with Crippen LogP contribution in [0.15, 0.2) is 39.2 Å². The van der Waals surface area contributed by atoms with E-state index < -0.39 is 18.4 Å². The van der Waals surface area contributed by atoms with E-state index in [1.54, 1.807) is 23.2 Å². The molecule has 0 amide bonds. The Balaban J connectivity index is 1.66. The van der Waals surface area contributed by atoms with E-state index in [1.165, 1.54) is 17.8 Å². The van der Waals surface area contributed by atoms with Crippen molar-refractivity contribution >= 4 is 61.9 Å². The summed E-state index contributed by atoms with van der Waals surface area (Å²) in [5.74, 6) is 0. The van der Waals surface area contributed by atoms with Gasteiger partial charge in [0.15, 0.2) is 6.23 Å². The second-order valence-electron chi connectivity index (χ2n) is 7.08. The van der Waals surface area contributed by atoms with Crippen molar-refractivity contribution in [2.75, 3.05) is 18.1 Å². The third-order valence-electron chi connectivity index (χ3n) is 5.07. The minimum atomic E-state index is -1.09. The molecule has 4 rings (SSSR count). The number of hydrogen-bond donors (Lipinski definition) is 3. The summed E-state index contributed by atoms with van der Waals surface area (Å²) < 4.78 is 0.947. The number of nitrogens with zero attached hydrogens (tertiary/aromatic N) is 3. The van der Waals surface area contributed by atoms with E-state index in [4.69, 9.17) is 23.2 Å². The monoisotopic (exact) mass is 518 g/mol. The van der Waals surface area contributed by atoms with Crippen molar-refractivity contribution in [1.82, 2.24) is 10.4 Å². The molecular formula is C19H21BrCl2N4O2S. The van der Waals surface area contributed by atoms with E-state index in [9.17, 15) is 10.2 Å². The lowest BCUT2D eigenvalue weighted by Crippen LogP contribution is -2.52. The highest BCUT2D eigenvalue weighted by Gasteiger charge is 2.42. The fourth-order valence-corrected chi connectivity index (χ4v) is 5.69. The smallest absolute Gasteiger partial charge is 0.161 e. The van der Waals surface area contributed by atoms with Crippen LogP contribution < -0.4 is 10.4 Å². The Morgan fingerprint density at radius 1 is 1.17 bits per heavy atom. The van der Waals surface area contributed by atoms with E-state index in [-0.39, 0.29) is 5.71 Å². The van der Waals surface area contributed by atoms with Gasteiger partial charge in [0.25, 0.3) is 0 Å². The summed E-state index contributed by atoms with van der Waals surface area (Å²) in [7, 11) is 0. The maximum absolute atomic E-state index is 11.1. The molecule has 156 valence electrons. The van der Waals surface area contributed by atoms with Crippen molar-refractivity contribution in [3.8, 4) is 0 Å². The molecule has 1 aromatic heterocycles. The lowest BCUT2D eigenvalue weighted by Gasteiger charge is -2.30. The second-order valence-corrected chi connectivity index (χ2v) is 10.4. The van der Waals surface area contributed by atoms with Gasteiger partial charge in [0, 0.05) is 23.0 Å². The number of hydrazone groups is 1. The lowest BCUT2D eigenvalue weighted by atomic mass is 10.0. The van der Waals surface area contributed by atoms with Gasteiger partial charge in [0.2, 0.25) is 0 Å². The number of hydrogen-bond acceptors (Lipinski definition) is 7. The molecule has 0 bridgehead atoms. The van der Waals surface area contributed by atoms with Crippen LogP contribution in [0, 0.1) is 0 Å². The molecule has 3 heterocycles. The summed E-state index contributed by atoms with van der Waals surface area (Å²) in [4.78, 5) is 0.902. The van der Waals surface area contributed by atoms with Crippen molar-refractivity contribution in [3.05, 3.63) is 49.0 Å². The molecule has 1 saturated heterocycles. The summed E-state index contributed by atoms with van der Waals surface area (Å²) in [6, 6.07) is 8.49. The minimum absolute atomic E-state index is 0.260. The van der Waals surface area contributed by atoms with Gasteiger partial charge in [-0.3, -0.25) is 5.01 Å². The van der Waals surface area contributed by atoms with Crippen LogP contribution in [0.5, 0.6) is 0 Å². The van der Waals surface area contributed by atoms with E-state index in [0.29, 0.717) is 15.7 Å². The highest BCUT2D eigenvalue weighted by atomic mass is 79.9. The SMILES string of the molecule is OC(NN1CCCCC1)C1=NN(c2ccc(Cl)cc2Cl)C(c2ccc(Br)s2)C1O. The Bertz CT molecular complexity index is 906. The molecular weight excluding hydrogens is 499 g/mol. The van der Waals surface area contributed by atoms with Crippen molar-refractivity contribution < 1.29 is 10.2 Å². The number of rotatable bonds is 5. The van der Waals surface area contributed by atoms with Crippen LogP contribution in [0.1, 0.15) is 30.2 Å². The van der Waals surface area contributed by atoms with Crippen LogP contribution >= 0.6 is 50.5 Å². The van der Waals surface area contributed by atoms with Crippen LogP contribution in [-0.4, -0.2) is 46.4 Å². The molecule has 10 heteroatoms. The van der Waals surface area contributed by atoms with Gasteiger partial charge in [-0.05, 0) is 59.1 Å². The van der Waals surface area contributed by atoms with Crippen molar-refractivity contribution in [1.29, 1.82) is 0 Å². The average Bonchev–Trinajstić information content (AvgIpc) is 3.25. The van der Waals surface area contributed by atoms with Crippen molar-refractivity contribution in [2.45, 2.75) is 37.6 Å². The number of nitrogens with one attached hydrogen (secondary N) is 1. The third kappa shape index (κ3) is 4.65. The number of hydrazine groups is 1. The summed E-state index contributed by atoms with van der Waals surface area (Å²) in [5, 5.41) is 31.1. The number of benzene rings is 1. The van der Waals surface area contributed by atoms with Gasteiger partial charge in [-0.2, -0.15) is 5.10 Å². The lowest BCUT2D eigenvalue weighted by molar-refractivity contribution is 0.0555. The number of piperidine rings is 1. The third-order valence-corrected chi connectivity index (χ3v) is 7.30. The zero-order valence-corrected chi connectivity index (χ0v) is 19.3. The Morgan fingerprint density at radius 2 is 1.93 bits per heavy atom. The van der Waals surface area contributed by atoms with Gasteiger partial charge in [0.05, 0.1) is 14.5 Å². The fraction of sp³-hybridized carbons (Fsp3) is 0.421. The molecule has 0 aliphatic carbocycles. The zero-order chi connectivity index (χ0) is 20.5. The molecule has 29 heavy (non-hydrogen) atoms. The van der Waals surface area contributed by atoms with Gasteiger partial charge >= 0.3 is 0 Å². The molecule has 0 spiro atoms. The normalized spacial score (nSPS) is 24.0. The van der Waals surface area contributed by atoms with Gasteiger partial charge < -0.3 is 10.2 Å². The standard InChI is InChI=1S/C19H21BrCl2N4O2S/c20-15-7-6-14(29-15)17-18(27)16(19(28)24-25-8-2-1-3-9-25)23-26(17)13-5-4-11(21)10-12(13)22/h4-7,10,17-19,24,27-28H,1-3,8-9H2. The number of aliphatic hydroxyl groups is 2.